The van der Waals surface area contributed by atoms with Crippen molar-refractivity contribution in [1.82, 2.24) is 5.32 Å². The van der Waals surface area contributed by atoms with Crippen LogP contribution in [0, 0.1) is 3.77 Å². The summed E-state index contributed by atoms with van der Waals surface area (Å²) in [5.74, 6) is 0.852. The van der Waals surface area contributed by atoms with Crippen LogP contribution in [0.4, 0.5) is 0 Å². The minimum Gasteiger partial charge on any atom is -0.454 e. The molecule has 0 aliphatic carbocycles. The highest BCUT2D eigenvalue weighted by molar-refractivity contribution is 14.1. The maximum atomic E-state index is 10.6. The van der Waals surface area contributed by atoms with Gasteiger partial charge in [0.25, 0.3) is 0 Å². The lowest BCUT2D eigenvalue weighted by Crippen LogP contribution is -2.21. The quantitative estimate of drug-likeness (QED) is 0.586. The van der Waals surface area contributed by atoms with E-state index in [1.54, 1.807) is 0 Å². The van der Waals surface area contributed by atoms with E-state index in [0.717, 1.165) is 9.53 Å². The van der Waals surface area contributed by atoms with Crippen LogP contribution in [0.2, 0.25) is 0 Å². The van der Waals surface area contributed by atoms with Gasteiger partial charge in [-0.3, -0.25) is 0 Å². The normalized spacial score (nSPS) is 11.9. The molecule has 0 aromatic carbocycles. The van der Waals surface area contributed by atoms with Gasteiger partial charge in [0.05, 0.1) is 12.3 Å². The summed E-state index contributed by atoms with van der Waals surface area (Å²) in [6, 6.07) is 3.76. The Labute approximate surface area is 103 Å². The molecular weight excluding hydrogens is 331 g/mol. The zero-order valence-corrected chi connectivity index (χ0v) is 11.0. The number of sulfonamides is 1. The first-order valence-corrected chi connectivity index (χ1v) is 7.22. The van der Waals surface area contributed by atoms with E-state index in [1.807, 2.05) is 12.1 Å². The number of nitrogens with one attached hydrogen (secondary N) is 1. The summed E-state index contributed by atoms with van der Waals surface area (Å²) in [6.07, 6.45) is 0.511. The van der Waals surface area contributed by atoms with Crippen LogP contribution < -0.4 is 10.5 Å². The number of rotatable bonds is 6. The minimum atomic E-state index is -3.33. The maximum absolute atomic E-state index is 10.6. The standard InChI is InChI=1S/C8H13IN2O3S/c9-8-3-2-7(14-8)6-11-4-1-5-15(10,12)13/h2-3,11H,1,4-6H2,(H2,10,12,13). The second-order valence-electron chi connectivity index (χ2n) is 3.10. The molecule has 0 radical (unpaired) electrons. The zero-order valence-electron chi connectivity index (χ0n) is 8.07. The van der Waals surface area contributed by atoms with Gasteiger partial charge >= 0.3 is 0 Å². The largest absolute Gasteiger partial charge is 0.454 e. The van der Waals surface area contributed by atoms with Crippen LogP contribution in [0.3, 0.4) is 0 Å². The summed E-state index contributed by atoms with van der Waals surface area (Å²) < 4.78 is 27.4. The van der Waals surface area contributed by atoms with Crippen LogP contribution in [0.25, 0.3) is 0 Å². The summed E-state index contributed by atoms with van der Waals surface area (Å²) >= 11 is 2.09. The Hall–Kier alpha value is -0.120. The van der Waals surface area contributed by atoms with Crippen molar-refractivity contribution in [1.29, 1.82) is 0 Å². The van der Waals surface area contributed by atoms with Gasteiger partial charge in [-0.2, -0.15) is 0 Å². The lowest BCUT2D eigenvalue weighted by atomic mass is 10.4. The van der Waals surface area contributed by atoms with Crippen LogP contribution in [0.1, 0.15) is 12.2 Å². The molecular formula is C8H13IN2O3S. The summed E-state index contributed by atoms with van der Waals surface area (Å²) in [5.41, 5.74) is 0. The summed E-state index contributed by atoms with van der Waals surface area (Å²) in [6.45, 7) is 1.21. The zero-order chi connectivity index (χ0) is 11.3. The molecule has 0 bridgehead atoms. The molecule has 0 saturated carbocycles. The number of halogens is 1. The molecule has 1 rings (SSSR count). The molecule has 7 heteroatoms. The molecule has 0 aliphatic rings. The fraction of sp³-hybridized carbons (Fsp3) is 0.500. The van der Waals surface area contributed by atoms with Crippen LogP contribution >= 0.6 is 22.6 Å². The van der Waals surface area contributed by atoms with E-state index in [1.165, 1.54) is 0 Å². The molecule has 3 N–H and O–H groups in total. The van der Waals surface area contributed by atoms with Gasteiger partial charge in [-0.05, 0) is 47.7 Å². The van der Waals surface area contributed by atoms with Crippen molar-refractivity contribution in [2.75, 3.05) is 12.3 Å². The van der Waals surface area contributed by atoms with Crippen molar-refractivity contribution in [2.24, 2.45) is 5.14 Å². The molecule has 1 aromatic rings. The van der Waals surface area contributed by atoms with Crippen molar-refractivity contribution < 1.29 is 12.8 Å². The molecule has 86 valence electrons. The van der Waals surface area contributed by atoms with Gasteiger partial charge in [0, 0.05) is 0 Å². The fourth-order valence-electron chi connectivity index (χ4n) is 1.06. The second kappa shape index (κ2) is 5.83. The molecule has 0 spiro atoms. The molecule has 0 aliphatic heterocycles. The summed E-state index contributed by atoms with van der Waals surface area (Å²) in [5, 5.41) is 7.93. The van der Waals surface area contributed by atoms with Crippen LogP contribution in [0.5, 0.6) is 0 Å². The topological polar surface area (TPSA) is 85.3 Å². The van der Waals surface area contributed by atoms with E-state index in [9.17, 15) is 8.42 Å². The van der Waals surface area contributed by atoms with Gasteiger partial charge in [0.15, 0.2) is 3.77 Å². The second-order valence-corrected chi connectivity index (χ2v) is 5.90. The van der Waals surface area contributed by atoms with Crippen molar-refractivity contribution in [2.45, 2.75) is 13.0 Å². The van der Waals surface area contributed by atoms with Crippen LogP contribution in [-0.4, -0.2) is 20.7 Å². The molecule has 0 unspecified atom stereocenters. The minimum absolute atomic E-state index is 0.00961. The third kappa shape index (κ3) is 6.13. The van der Waals surface area contributed by atoms with E-state index < -0.39 is 10.0 Å². The Balaban J connectivity index is 2.12. The predicted octanol–water partition coefficient (Wildman–Crippen LogP) is 0.652. The molecule has 0 saturated heterocycles. The van der Waals surface area contributed by atoms with Crippen molar-refractivity contribution in [3.05, 3.63) is 21.7 Å². The Kier molecular flexibility index (Phi) is 5.03. The molecule has 0 fully saturated rings. The maximum Gasteiger partial charge on any atom is 0.209 e. The number of hydrogen-bond acceptors (Lipinski definition) is 4. The summed E-state index contributed by atoms with van der Waals surface area (Å²) in [7, 11) is -3.33. The van der Waals surface area contributed by atoms with Crippen molar-refractivity contribution in [3.63, 3.8) is 0 Å². The van der Waals surface area contributed by atoms with Crippen molar-refractivity contribution >= 4 is 32.6 Å². The average Bonchev–Trinajstić information content (AvgIpc) is 2.49. The first kappa shape index (κ1) is 12.9. The number of nitrogens with two attached hydrogens (primary N) is 1. The number of furan rings is 1. The van der Waals surface area contributed by atoms with E-state index in [4.69, 9.17) is 9.56 Å². The molecule has 0 atom stereocenters. The Morgan fingerprint density at radius 3 is 2.73 bits per heavy atom. The van der Waals surface area contributed by atoms with Gasteiger partial charge in [0.1, 0.15) is 5.76 Å². The highest BCUT2D eigenvalue weighted by atomic mass is 127. The average molecular weight is 344 g/mol. The van der Waals surface area contributed by atoms with Gasteiger partial charge in [0.2, 0.25) is 10.0 Å². The highest BCUT2D eigenvalue weighted by Gasteiger charge is 2.02. The Bertz CT molecular complexity index is 402. The third-order valence-electron chi connectivity index (χ3n) is 1.71. The van der Waals surface area contributed by atoms with Crippen molar-refractivity contribution in [3.8, 4) is 0 Å². The number of hydrogen-bond donors (Lipinski definition) is 2. The Morgan fingerprint density at radius 1 is 1.47 bits per heavy atom. The molecule has 1 heterocycles. The molecule has 0 amide bonds. The Morgan fingerprint density at radius 2 is 2.20 bits per heavy atom. The lowest BCUT2D eigenvalue weighted by Gasteiger charge is -2.01. The van der Waals surface area contributed by atoms with Gasteiger partial charge < -0.3 is 9.73 Å². The first-order valence-electron chi connectivity index (χ1n) is 4.43. The van der Waals surface area contributed by atoms with Crippen LogP contribution in [-0.2, 0) is 16.6 Å². The van der Waals surface area contributed by atoms with Crippen LogP contribution in [0.15, 0.2) is 16.5 Å². The fourth-order valence-corrected chi connectivity index (χ4v) is 2.07. The molecule has 1 aromatic heterocycles. The lowest BCUT2D eigenvalue weighted by molar-refractivity contribution is 0.463. The first-order chi connectivity index (χ1) is 6.97. The highest BCUT2D eigenvalue weighted by Crippen LogP contribution is 2.09. The molecule has 5 nitrogen and oxygen atoms in total. The van der Waals surface area contributed by atoms with Gasteiger partial charge in [-0.25, -0.2) is 13.6 Å². The smallest absolute Gasteiger partial charge is 0.209 e. The molecule has 15 heavy (non-hydrogen) atoms. The monoisotopic (exact) mass is 344 g/mol. The summed E-state index contributed by atoms with van der Waals surface area (Å²) in [4.78, 5) is 0. The van der Waals surface area contributed by atoms with E-state index in [0.29, 0.717) is 19.5 Å². The SMILES string of the molecule is NS(=O)(=O)CCCNCc1ccc(I)o1. The van der Waals surface area contributed by atoms with E-state index in [-0.39, 0.29) is 5.75 Å². The van der Waals surface area contributed by atoms with Gasteiger partial charge in [-0.15, -0.1) is 0 Å². The van der Waals surface area contributed by atoms with Gasteiger partial charge in [-0.1, -0.05) is 0 Å². The van der Waals surface area contributed by atoms with E-state index in [2.05, 4.69) is 27.9 Å². The predicted molar refractivity (Wildman–Crippen MR) is 65.7 cm³/mol. The third-order valence-corrected chi connectivity index (χ3v) is 3.15. The van der Waals surface area contributed by atoms with E-state index >= 15 is 0 Å². The number of primary sulfonamides is 1.